The number of hydrogen-bond acceptors (Lipinski definition) is 3. The van der Waals surface area contributed by atoms with Crippen molar-refractivity contribution >= 4 is 27.9 Å². The van der Waals surface area contributed by atoms with Crippen LogP contribution >= 0.6 is 23.5 Å². The molecule has 1 heterocycles. The molecule has 0 amide bonds. The average Bonchev–Trinajstić information content (AvgIpc) is 2.63. The molecule has 0 aromatic heterocycles. The molecule has 0 radical (unpaired) electrons. The number of aliphatic imine (C=N–C) groups is 1. The standard InChI is InChI=1S/C11H13NS2/c1-9-7-12-11(14-9)13-8-10-5-3-2-4-6-10/h2-6,9H,7-8H2,1H3/t9-/m1/s1. The summed E-state index contributed by atoms with van der Waals surface area (Å²) >= 11 is 3.75. The van der Waals surface area contributed by atoms with E-state index in [1.807, 2.05) is 23.5 Å². The van der Waals surface area contributed by atoms with Crippen LogP contribution in [0.3, 0.4) is 0 Å². The molecule has 3 heteroatoms. The van der Waals surface area contributed by atoms with Gasteiger partial charge in [0.25, 0.3) is 0 Å². The van der Waals surface area contributed by atoms with Crippen LogP contribution in [0.2, 0.25) is 0 Å². The van der Waals surface area contributed by atoms with Gasteiger partial charge in [-0.3, -0.25) is 4.99 Å². The Morgan fingerprint density at radius 1 is 1.43 bits per heavy atom. The molecule has 1 aliphatic heterocycles. The van der Waals surface area contributed by atoms with Gasteiger partial charge in [-0.2, -0.15) is 0 Å². The third-order valence-corrected chi connectivity index (χ3v) is 4.36. The average molecular weight is 223 g/mol. The zero-order valence-electron chi connectivity index (χ0n) is 8.14. The van der Waals surface area contributed by atoms with Gasteiger partial charge in [0, 0.05) is 11.0 Å². The van der Waals surface area contributed by atoms with Crippen LogP contribution in [0, 0.1) is 0 Å². The largest absolute Gasteiger partial charge is 0.271 e. The number of thioether (sulfide) groups is 2. The van der Waals surface area contributed by atoms with Crippen molar-refractivity contribution in [2.75, 3.05) is 6.54 Å². The molecule has 2 rings (SSSR count). The molecule has 0 unspecified atom stereocenters. The predicted molar refractivity (Wildman–Crippen MR) is 67.1 cm³/mol. The van der Waals surface area contributed by atoms with Crippen molar-refractivity contribution < 1.29 is 0 Å². The van der Waals surface area contributed by atoms with E-state index in [0.29, 0.717) is 5.25 Å². The minimum Gasteiger partial charge on any atom is -0.271 e. The molecule has 1 aliphatic rings. The van der Waals surface area contributed by atoms with Crippen molar-refractivity contribution in [3.05, 3.63) is 35.9 Å². The van der Waals surface area contributed by atoms with Crippen molar-refractivity contribution in [2.45, 2.75) is 17.9 Å². The number of nitrogens with zero attached hydrogens (tertiary/aromatic N) is 1. The lowest BCUT2D eigenvalue weighted by molar-refractivity contribution is 0.977. The van der Waals surface area contributed by atoms with E-state index in [9.17, 15) is 0 Å². The van der Waals surface area contributed by atoms with Crippen molar-refractivity contribution in [1.29, 1.82) is 0 Å². The predicted octanol–water partition coefficient (Wildman–Crippen LogP) is 3.41. The first-order valence-electron chi connectivity index (χ1n) is 4.72. The van der Waals surface area contributed by atoms with Crippen LogP contribution in [0.1, 0.15) is 12.5 Å². The van der Waals surface area contributed by atoms with E-state index in [1.165, 1.54) is 9.94 Å². The zero-order chi connectivity index (χ0) is 9.80. The highest BCUT2D eigenvalue weighted by atomic mass is 32.2. The Bertz CT molecular complexity index is 321. The molecule has 1 nitrogen and oxygen atoms in total. The molecule has 1 aromatic rings. The first-order valence-corrected chi connectivity index (χ1v) is 6.59. The summed E-state index contributed by atoms with van der Waals surface area (Å²) < 4.78 is 1.25. The van der Waals surface area contributed by atoms with Crippen LogP contribution in [-0.4, -0.2) is 16.2 Å². The SMILES string of the molecule is C[C@@H]1CN=C(SCc2ccccc2)S1. The van der Waals surface area contributed by atoms with Gasteiger partial charge in [-0.1, -0.05) is 60.8 Å². The molecular formula is C11H13NS2. The van der Waals surface area contributed by atoms with Gasteiger partial charge in [-0.05, 0) is 5.56 Å². The second-order valence-electron chi connectivity index (χ2n) is 3.31. The van der Waals surface area contributed by atoms with E-state index in [-0.39, 0.29) is 0 Å². The molecule has 0 spiro atoms. The number of rotatable bonds is 2. The highest BCUT2D eigenvalue weighted by Crippen LogP contribution is 2.29. The minimum absolute atomic E-state index is 0.674. The molecule has 74 valence electrons. The molecule has 0 saturated heterocycles. The second kappa shape index (κ2) is 4.89. The van der Waals surface area contributed by atoms with Crippen LogP contribution in [0.25, 0.3) is 0 Å². The van der Waals surface area contributed by atoms with Gasteiger partial charge in [0.05, 0.1) is 6.54 Å². The Labute approximate surface area is 93.4 Å². The summed E-state index contributed by atoms with van der Waals surface area (Å²) in [6.07, 6.45) is 0. The summed E-state index contributed by atoms with van der Waals surface area (Å²) in [5.74, 6) is 1.04. The molecule has 0 fully saturated rings. The van der Waals surface area contributed by atoms with Gasteiger partial charge in [-0.25, -0.2) is 0 Å². The summed E-state index contributed by atoms with van der Waals surface area (Å²) in [6, 6.07) is 10.6. The van der Waals surface area contributed by atoms with E-state index in [2.05, 4.69) is 42.2 Å². The molecular weight excluding hydrogens is 210 g/mol. The van der Waals surface area contributed by atoms with Crippen LogP contribution in [0.5, 0.6) is 0 Å². The topological polar surface area (TPSA) is 12.4 Å². The Morgan fingerprint density at radius 2 is 2.21 bits per heavy atom. The van der Waals surface area contributed by atoms with E-state index < -0.39 is 0 Å². The lowest BCUT2D eigenvalue weighted by Crippen LogP contribution is -1.92. The smallest absolute Gasteiger partial charge is 0.125 e. The minimum atomic E-state index is 0.674. The molecule has 0 saturated carbocycles. The molecule has 0 bridgehead atoms. The van der Waals surface area contributed by atoms with Crippen molar-refractivity contribution in [3.8, 4) is 0 Å². The Kier molecular flexibility index (Phi) is 3.54. The van der Waals surface area contributed by atoms with E-state index in [1.54, 1.807) is 0 Å². The first kappa shape index (κ1) is 10.1. The lowest BCUT2D eigenvalue weighted by Gasteiger charge is -2.01. The summed E-state index contributed by atoms with van der Waals surface area (Å²) in [5.41, 5.74) is 1.38. The number of hydrogen-bond donors (Lipinski definition) is 0. The highest BCUT2D eigenvalue weighted by molar-refractivity contribution is 8.39. The van der Waals surface area contributed by atoms with Crippen LogP contribution in [0.4, 0.5) is 0 Å². The summed E-state index contributed by atoms with van der Waals surface area (Å²) in [7, 11) is 0. The molecule has 14 heavy (non-hydrogen) atoms. The van der Waals surface area contributed by atoms with Crippen molar-refractivity contribution in [1.82, 2.24) is 0 Å². The van der Waals surface area contributed by atoms with Gasteiger partial charge < -0.3 is 0 Å². The maximum Gasteiger partial charge on any atom is 0.125 e. The summed E-state index contributed by atoms with van der Waals surface area (Å²) in [5, 5.41) is 0.674. The van der Waals surface area contributed by atoms with Gasteiger partial charge in [0.2, 0.25) is 0 Å². The van der Waals surface area contributed by atoms with Gasteiger partial charge in [0.15, 0.2) is 0 Å². The van der Waals surface area contributed by atoms with Crippen LogP contribution in [0.15, 0.2) is 35.3 Å². The van der Waals surface area contributed by atoms with E-state index in [4.69, 9.17) is 0 Å². The monoisotopic (exact) mass is 223 g/mol. The normalized spacial score (nSPS) is 20.9. The van der Waals surface area contributed by atoms with Gasteiger partial charge in [-0.15, -0.1) is 0 Å². The molecule has 0 N–H and O–H groups in total. The third kappa shape index (κ3) is 2.79. The maximum atomic E-state index is 4.47. The van der Waals surface area contributed by atoms with Crippen molar-refractivity contribution in [2.24, 2.45) is 4.99 Å². The summed E-state index contributed by atoms with van der Waals surface area (Å²) in [4.78, 5) is 4.47. The van der Waals surface area contributed by atoms with Crippen LogP contribution < -0.4 is 0 Å². The second-order valence-corrected chi connectivity index (χ2v) is 5.96. The number of benzene rings is 1. The highest BCUT2D eigenvalue weighted by Gasteiger charge is 2.14. The van der Waals surface area contributed by atoms with Crippen LogP contribution in [-0.2, 0) is 5.75 Å². The van der Waals surface area contributed by atoms with E-state index in [0.717, 1.165) is 12.3 Å². The molecule has 0 aliphatic carbocycles. The van der Waals surface area contributed by atoms with Gasteiger partial charge in [0.1, 0.15) is 4.38 Å². The summed E-state index contributed by atoms with van der Waals surface area (Å²) in [6.45, 7) is 3.21. The lowest BCUT2D eigenvalue weighted by atomic mass is 10.2. The molecule has 1 atom stereocenters. The Balaban J connectivity index is 1.84. The fourth-order valence-corrected chi connectivity index (χ4v) is 3.48. The fraction of sp³-hybridized carbons (Fsp3) is 0.364. The fourth-order valence-electron chi connectivity index (χ4n) is 1.25. The van der Waals surface area contributed by atoms with Gasteiger partial charge >= 0.3 is 0 Å². The zero-order valence-corrected chi connectivity index (χ0v) is 9.78. The van der Waals surface area contributed by atoms with E-state index >= 15 is 0 Å². The molecule has 1 aromatic carbocycles. The van der Waals surface area contributed by atoms with Crippen molar-refractivity contribution in [3.63, 3.8) is 0 Å². The quantitative estimate of drug-likeness (QED) is 0.761. The Morgan fingerprint density at radius 3 is 2.86 bits per heavy atom. The maximum absolute atomic E-state index is 4.47. The Hall–Kier alpha value is -0.410. The third-order valence-electron chi connectivity index (χ3n) is 1.98. The first-order chi connectivity index (χ1) is 6.84.